The minimum absolute atomic E-state index is 0.0938. The largest absolute Gasteiger partial charge is 0.381 e. The Morgan fingerprint density at radius 2 is 2.15 bits per heavy atom. The highest BCUT2D eigenvalue weighted by atomic mass is 35.5. The van der Waals surface area contributed by atoms with Crippen LogP contribution in [-0.4, -0.2) is 38.0 Å². The summed E-state index contributed by atoms with van der Waals surface area (Å²) in [5, 5.41) is 12.6. The maximum atomic E-state index is 13.9. The zero-order valence-corrected chi connectivity index (χ0v) is 14.9. The van der Waals surface area contributed by atoms with Crippen LogP contribution < -0.4 is 5.56 Å². The number of fused-ring (bicyclic) bond motifs is 1. The fourth-order valence-corrected chi connectivity index (χ4v) is 3.47. The van der Waals surface area contributed by atoms with E-state index in [1.165, 1.54) is 15.4 Å². The third-order valence-electron chi connectivity index (χ3n) is 4.71. The Bertz CT molecular complexity index is 1020. The first kappa shape index (κ1) is 17.1. The molecular formula is C17H17ClFN5O2. The van der Waals surface area contributed by atoms with Crippen LogP contribution in [0.2, 0.25) is 5.15 Å². The molecule has 2 aromatic heterocycles. The van der Waals surface area contributed by atoms with Gasteiger partial charge in [-0.25, -0.2) is 13.8 Å². The van der Waals surface area contributed by atoms with E-state index >= 15 is 0 Å². The Labute approximate surface area is 153 Å². The number of hydrogen-bond acceptors (Lipinski definition) is 5. The van der Waals surface area contributed by atoms with Crippen molar-refractivity contribution in [1.82, 2.24) is 24.8 Å². The van der Waals surface area contributed by atoms with Crippen molar-refractivity contribution in [1.29, 1.82) is 0 Å². The molecule has 26 heavy (non-hydrogen) atoms. The molecule has 1 fully saturated rings. The summed E-state index contributed by atoms with van der Waals surface area (Å²) in [6.07, 6.45) is 0.685. The predicted octanol–water partition coefficient (Wildman–Crippen LogP) is 2.43. The Morgan fingerprint density at radius 3 is 2.92 bits per heavy atom. The molecule has 1 aromatic carbocycles. The lowest BCUT2D eigenvalue weighted by Crippen LogP contribution is -2.36. The summed E-state index contributed by atoms with van der Waals surface area (Å²) in [5.74, 6) is -0.216. The van der Waals surface area contributed by atoms with Gasteiger partial charge in [-0.1, -0.05) is 41.9 Å². The first-order valence-corrected chi connectivity index (χ1v) is 8.76. The Balaban J connectivity index is 1.76. The summed E-state index contributed by atoms with van der Waals surface area (Å²) in [5.41, 5.74) is 0.445. The second-order valence-corrected chi connectivity index (χ2v) is 6.84. The van der Waals surface area contributed by atoms with Gasteiger partial charge in [0.15, 0.2) is 16.2 Å². The number of rotatable bonds is 3. The molecule has 136 valence electrons. The molecule has 3 aromatic rings. The molecule has 0 saturated carbocycles. The quantitative estimate of drug-likeness (QED) is 0.700. The summed E-state index contributed by atoms with van der Waals surface area (Å²) >= 11 is 6.31. The zero-order valence-electron chi connectivity index (χ0n) is 14.1. The SMILES string of the molecule is C[C@H]1COCCC1n1nnc2c(Cl)n(Cc3ccccc3F)nc2c1=O. The molecule has 9 heteroatoms. The van der Waals surface area contributed by atoms with Gasteiger partial charge in [-0.05, 0) is 12.5 Å². The second-order valence-electron chi connectivity index (χ2n) is 6.48. The molecule has 1 aliphatic heterocycles. The van der Waals surface area contributed by atoms with Gasteiger partial charge in [0.05, 0.1) is 19.2 Å². The van der Waals surface area contributed by atoms with Crippen LogP contribution in [0, 0.1) is 11.7 Å². The van der Waals surface area contributed by atoms with Gasteiger partial charge in [0, 0.05) is 18.1 Å². The fourth-order valence-electron chi connectivity index (χ4n) is 3.25. The van der Waals surface area contributed by atoms with E-state index in [-0.39, 0.29) is 46.1 Å². The van der Waals surface area contributed by atoms with E-state index in [1.54, 1.807) is 18.2 Å². The molecule has 0 amide bonds. The van der Waals surface area contributed by atoms with Crippen LogP contribution >= 0.6 is 11.6 Å². The first-order valence-electron chi connectivity index (χ1n) is 8.39. The predicted molar refractivity (Wildman–Crippen MR) is 93.7 cm³/mol. The lowest BCUT2D eigenvalue weighted by Gasteiger charge is -2.28. The minimum atomic E-state index is -0.359. The molecule has 0 N–H and O–H groups in total. The van der Waals surface area contributed by atoms with Crippen LogP contribution in [0.1, 0.15) is 24.9 Å². The lowest BCUT2D eigenvalue weighted by molar-refractivity contribution is 0.0228. The van der Waals surface area contributed by atoms with Gasteiger partial charge in [0.25, 0.3) is 5.56 Å². The Hall–Kier alpha value is -2.32. The highest BCUT2D eigenvalue weighted by Gasteiger charge is 2.27. The van der Waals surface area contributed by atoms with E-state index in [9.17, 15) is 9.18 Å². The Kier molecular flexibility index (Phi) is 4.46. The number of nitrogens with zero attached hydrogens (tertiary/aromatic N) is 5. The fraction of sp³-hybridized carbons (Fsp3) is 0.412. The van der Waals surface area contributed by atoms with Crippen LogP contribution in [0.3, 0.4) is 0 Å². The number of hydrogen-bond donors (Lipinski definition) is 0. The van der Waals surface area contributed by atoms with Crippen molar-refractivity contribution in [3.63, 3.8) is 0 Å². The number of ether oxygens (including phenoxy) is 1. The Morgan fingerprint density at radius 1 is 1.35 bits per heavy atom. The van der Waals surface area contributed by atoms with Gasteiger partial charge >= 0.3 is 0 Å². The van der Waals surface area contributed by atoms with E-state index in [2.05, 4.69) is 15.4 Å². The molecule has 1 unspecified atom stereocenters. The van der Waals surface area contributed by atoms with Gasteiger partial charge < -0.3 is 4.74 Å². The number of aromatic nitrogens is 5. The minimum Gasteiger partial charge on any atom is -0.381 e. The second kappa shape index (κ2) is 6.77. The normalized spacial score (nSPS) is 20.6. The van der Waals surface area contributed by atoms with Crippen molar-refractivity contribution in [2.45, 2.75) is 25.9 Å². The van der Waals surface area contributed by atoms with Crippen molar-refractivity contribution >= 4 is 22.6 Å². The monoisotopic (exact) mass is 377 g/mol. The van der Waals surface area contributed by atoms with Gasteiger partial charge in [0.1, 0.15) is 5.82 Å². The standard InChI is InChI=1S/C17H17ClFN5O2/c1-10-9-26-7-6-13(10)24-17(25)15-14(20-22-24)16(18)23(21-15)8-11-4-2-3-5-12(11)19/h2-5,10,13H,6-9H2,1H3/t10-,13?/m0/s1. The number of benzene rings is 1. The maximum Gasteiger partial charge on any atom is 0.298 e. The first-order chi connectivity index (χ1) is 12.6. The van der Waals surface area contributed by atoms with Crippen molar-refractivity contribution in [3.05, 3.63) is 51.2 Å². The third-order valence-corrected chi connectivity index (χ3v) is 5.08. The summed E-state index contributed by atoms with van der Waals surface area (Å²) in [6.45, 7) is 3.25. The summed E-state index contributed by atoms with van der Waals surface area (Å²) in [4.78, 5) is 12.9. The summed E-state index contributed by atoms with van der Waals surface area (Å²) in [6, 6.07) is 6.26. The van der Waals surface area contributed by atoms with Crippen molar-refractivity contribution in [2.75, 3.05) is 13.2 Å². The van der Waals surface area contributed by atoms with Gasteiger partial charge in [-0.2, -0.15) is 5.10 Å². The average molecular weight is 378 g/mol. The van der Waals surface area contributed by atoms with Crippen LogP contribution in [0.15, 0.2) is 29.1 Å². The van der Waals surface area contributed by atoms with Gasteiger partial charge in [-0.3, -0.25) is 4.79 Å². The van der Waals surface area contributed by atoms with Crippen LogP contribution in [-0.2, 0) is 11.3 Å². The molecule has 1 aliphatic rings. The van der Waals surface area contributed by atoms with Crippen LogP contribution in [0.5, 0.6) is 0 Å². The van der Waals surface area contributed by atoms with Crippen molar-refractivity contribution in [3.8, 4) is 0 Å². The average Bonchev–Trinajstić information content (AvgIpc) is 2.95. The van der Waals surface area contributed by atoms with E-state index in [0.29, 0.717) is 25.2 Å². The molecule has 2 atom stereocenters. The van der Waals surface area contributed by atoms with E-state index in [4.69, 9.17) is 16.3 Å². The molecule has 7 nitrogen and oxygen atoms in total. The molecule has 0 spiro atoms. The van der Waals surface area contributed by atoms with Crippen molar-refractivity contribution in [2.24, 2.45) is 5.92 Å². The molecule has 0 aliphatic carbocycles. The smallest absolute Gasteiger partial charge is 0.298 e. The van der Waals surface area contributed by atoms with Crippen molar-refractivity contribution < 1.29 is 9.13 Å². The highest BCUT2D eigenvalue weighted by molar-refractivity contribution is 6.33. The molecule has 3 heterocycles. The van der Waals surface area contributed by atoms with Crippen LogP contribution in [0.25, 0.3) is 11.0 Å². The summed E-state index contributed by atoms with van der Waals surface area (Å²) in [7, 11) is 0. The van der Waals surface area contributed by atoms with Gasteiger partial charge in [0.2, 0.25) is 0 Å². The van der Waals surface area contributed by atoms with E-state index in [1.807, 2.05) is 6.92 Å². The maximum absolute atomic E-state index is 13.9. The van der Waals surface area contributed by atoms with Gasteiger partial charge in [-0.15, -0.1) is 5.10 Å². The van der Waals surface area contributed by atoms with Crippen LogP contribution in [0.4, 0.5) is 4.39 Å². The lowest BCUT2D eigenvalue weighted by atomic mass is 9.98. The number of halogens is 2. The molecule has 4 rings (SSSR count). The molecule has 1 saturated heterocycles. The topological polar surface area (TPSA) is 74.8 Å². The third kappa shape index (κ3) is 2.89. The molecule has 0 bridgehead atoms. The highest BCUT2D eigenvalue weighted by Crippen LogP contribution is 2.25. The molecular weight excluding hydrogens is 361 g/mol. The zero-order chi connectivity index (χ0) is 18.3. The molecule has 0 radical (unpaired) electrons. The van der Waals surface area contributed by atoms with E-state index in [0.717, 1.165) is 0 Å². The van der Waals surface area contributed by atoms with E-state index < -0.39 is 0 Å². The summed E-state index contributed by atoms with van der Waals surface area (Å²) < 4.78 is 22.1.